The second kappa shape index (κ2) is 12.9. The van der Waals surface area contributed by atoms with Gasteiger partial charge in [-0.05, 0) is 81.3 Å². The lowest BCUT2D eigenvalue weighted by Gasteiger charge is -2.26. The van der Waals surface area contributed by atoms with Crippen LogP contribution in [0.4, 0.5) is 11.4 Å². The Morgan fingerprint density at radius 2 is 1.54 bits per heavy atom. The van der Waals surface area contributed by atoms with Crippen LogP contribution in [-0.4, -0.2) is 60.4 Å². The van der Waals surface area contributed by atoms with Crippen LogP contribution in [0.3, 0.4) is 0 Å². The van der Waals surface area contributed by atoms with Crippen molar-refractivity contribution in [2.45, 2.75) is 42.9 Å². The summed E-state index contributed by atoms with van der Waals surface area (Å²) in [4.78, 5) is 13.4. The summed E-state index contributed by atoms with van der Waals surface area (Å²) in [7, 11) is -6.52. The smallest absolute Gasteiger partial charge is 0.264 e. The number of amides is 1. The Balaban J connectivity index is 1.65. The van der Waals surface area contributed by atoms with Crippen molar-refractivity contribution in [3.8, 4) is 11.5 Å². The summed E-state index contributed by atoms with van der Waals surface area (Å²) in [5.41, 5.74) is 1.27. The van der Waals surface area contributed by atoms with E-state index in [1.807, 2.05) is 13.8 Å². The normalized spacial score (nSPS) is 14.3. The minimum Gasteiger partial charge on any atom is -0.495 e. The molecule has 0 aromatic heterocycles. The highest BCUT2D eigenvalue weighted by Crippen LogP contribution is 2.31. The number of benzene rings is 3. The number of carbonyl (C=O) groups is 1. The van der Waals surface area contributed by atoms with Crippen LogP contribution >= 0.6 is 0 Å². The zero-order chi connectivity index (χ0) is 29.6. The van der Waals surface area contributed by atoms with Gasteiger partial charge in [-0.25, -0.2) is 16.8 Å². The van der Waals surface area contributed by atoms with Crippen LogP contribution in [0.1, 0.15) is 31.7 Å². The van der Waals surface area contributed by atoms with Crippen LogP contribution in [0, 0.1) is 6.92 Å². The molecule has 1 saturated heterocycles. The van der Waals surface area contributed by atoms with Gasteiger partial charge in [-0.2, -0.15) is 4.31 Å². The lowest BCUT2D eigenvalue weighted by molar-refractivity contribution is -0.114. The monoisotopic (exact) mass is 601 g/mol. The van der Waals surface area contributed by atoms with Crippen molar-refractivity contribution in [1.82, 2.24) is 4.31 Å². The Morgan fingerprint density at radius 1 is 0.902 bits per heavy atom. The fourth-order valence-electron chi connectivity index (χ4n) is 4.55. The summed E-state index contributed by atoms with van der Waals surface area (Å²) in [5, 5.41) is 2.66. The molecule has 0 saturated carbocycles. The van der Waals surface area contributed by atoms with E-state index in [0.717, 1.165) is 29.1 Å². The molecule has 3 aromatic carbocycles. The van der Waals surface area contributed by atoms with Gasteiger partial charge >= 0.3 is 0 Å². The van der Waals surface area contributed by atoms with Gasteiger partial charge in [0.1, 0.15) is 18.0 Å². The van der Waals surface area contributed by atoms with Crippen molar-refractivity contribution >= 4 is 37.3 Å². The number of nitrogens with zero attached hydrogens (tertiary/aromatic N) is 2. The maximum Gasteiger partial charge on any atom is 0.264 e. The van der Waals surface area contributed by atoms with E-state index in [-0.39, 0.29) is 26.9 Å². The van der Waals surface area contributed by atoms with Gasteiger partial charge in [0, 0.05) is 13.1 Å². The minimum absolute atomic E-state index is 0.0196. The molecule has 1 amide bonds. The van der Waals surface area contributed by atoms with Crippen molar-refractivity contribution in [2.75, 3.05) is 43.0 Å². The number of ether oxygens (including phenoxy) is 2. The van der Waals surface area contributed by atoms with E-state index in [1.54, 1.807) is 36.4 Å². The second-order valence-corrected chi connectivity index (χ2v) is 13.4. The third-order valence-electron chi connectivity index (χ3n) is 6.73. The molecule has 0 aliphatic carbocycles. The van der Waals surface area contributed by atoms with E-state index >= 15 is 0 Å². The molecule has 0 radical (unpaired) electrons. The molecule has 1 fully saturated rings. The van der Waals surface area contributed by atoms with Crippen molar-refractivity contribution < 1.29 is 31.1 Å². The van der Waals surface area contributed by atoms with Crippen LogP contribution in [0.15, 0.2) is 76.5 Å². The van der Waals surface area contributed by atoms with Crippen molar-refractivity contribution in [3.63, 3.8) is 0 Å². The van der Waals surface area contributed by atoms with Gasteiger partial charge in [-0.1, -0.05) is 24.1 Å². The lowest BCUT2D eigenvalue weighted by atomic mass is 10.2. The fraction of sp³-hybridized carbons (Fsp3) is 0.345. The summed E-state index contributed by atoms with van der Waals surface area (Å²) < 4.78 is 67.2. The van der Waals surface area contributed by atoms with Gasteiger partial charge in [0.2, 0.25) is 15.9 Å². The maximum absolute atomic E-state index is 13.7. The van der Waals surface area contributed by atoms with E-state index in [4.69, 9.17) is 9.47 Å². The predicted molar refractivity (Wildman–Crippen MR) is 158 cm³/mol. The van der Waals surface area contributed by atoms with Crippen LogP contribution in [0.2, 0.25) is 0 Å². The number of piperidine rings is 1. The predicted octanol–water partition coefficient (Wildman–Crippen LogP) is 4.41. The van der Waals surface area contributed by atoms with Crippen LogP contribution in [0.25, 0.3) is 0 Å². The summed E-state index contributed by atoms with van der Waals surface area (Å²) in [6.45, 7) is 4.43. The van der Waals surface area contributed by atoms with Crippen molar-refractivity contribution in [3.05, 3.63) is 72.3 Å². The zero-order valence-electron chi connectivity index (χ0n) is 23.4. The lowest BCUT2D eigenvalue weighted by Crippen LogP contribution is -2.38. The standard InChI is InChI=1S/C29H35N3O7S2/c1-4-39-24-12-10-23(11-13-24)32(41(36,37)25-14-8-22(2)9-15-25)21-29(33)30-27-20-26(16-17-28(27)38-3)40(34,35)31-18-6-5-7-19-31/h8-17,20H,4-7,18-19,21H2,1-3H3,(H,30,33). The number of aryl methyl sites for hydroxylation is 1. The number of hydrogen-bond donors (Lipinski definition) is 1. The molecule has 41 heavy (non-hydrogen) atoms. The van der Waals surface area contributed by atoms with Gasteiger partial charge in [-0.3, -0.25) is 9.10 Å². The zero-order valence-corrected chi connectivity index (χ0v) is 25.0. The molecule has 0 unspecified atom stereocenters. The number of sulfonamides is 2. The number of rotatable bonds is 11. The average Bonchev–Trinajstić information content (AvgIpc) is 2.97. The molecule has 1 aliphatic heterocycles. The quantitative estimate of drug-likeness (QED) is 0.345. The molecule has 220 valence electrons. The summed E-state index contributed by atoms with van der Waals surface area (Å²) in [6.07, 6.45) is 2.55. The Labute approximate surface area is 242 Å². The number of methoxy groups -OCH3 is 1. The number of nitrogens with one attached hydrogen (secondary N) is 1. The van der Waals surface area contributed by atoms with Gasteiger partial charge in [0.25, 0.3) is 10.0 Å². The van der Waals surface area contributed by atoms with Gasteiger partial charge in [0.15, 0.2) is 0 Å². The highest BCUT2D eigenvalue weighted by molar-refractivity contribution is 7.92. The Kier molecular flexibility index (Phi) is 9.57. The molecule has 4 rings (SSSR count). The fourth-order valence-corrected chi connectivity index (χ4v) is 7.51. The first kappa shape index (κ1) is 30.4. The Bertz CT molecular complexity index is 1570. The number of anilines is 2. The Morgan fingerprint density at radius 3 is 2.15 bits per heavy atom. The highest BCUT2D eigenvalue weighted by Gasteiger charge is 2.29. The highest BCUT2D eigenvalue weighted by atomic mass is 32.2. The molecule has 3 aromatic rings. The third-order valence-corrected chi connectivity index (χ3v) is 10.4. The Hall–Kier alpha value is -3.61. The van der Waals surface area contributed by atoms with Crippen LogP contribution in [-0.2, 0) is 24.8 Å². The van der Waals surface area contributed by atoms with Crippen LogP contribution < -0.4 is 19.1 Å². The maximum atomic E-state index is 13.7. The van der Waals surface area contributed by atoms with Crippen LogP contribution in [0.5, 0.6) is 11.5 Å². The molecule has 1 N–H and O–H groups in total. The SMILES string of the molecule is CCOc1ccc(N(CC(=O)Nc2cc(S(=O)(=O)N3CCCCC3)ccc2OC)S(=O)(=O)c2ccc(C)cc2)cc1. The molecule has 0 spiro atoms. The minimum atomic E-state index is -4.15. The first-order chi connectivity index (χ1) is 19.6. The van der Waals surface area contributed by atoms with Crippen molar-refractivity contribution in [2.24, 2.45) is 0 Å². The molecule has 1 heterocycles. The van der Waals surface area contributed by atoms with Gasteiger partial charge in [0.05, 0.1) is 34.9 Å². The number of carbonyl (C=O) groups excluding carboxylic acids is 1. The second-order valence-electron chi connectivity index (χ2n) is 9.63. The largest absolute Gasteiger partial charge is 0.495 e. The van der Waals surface area contributed by atoms with E-state index in [1.165, 1.54) is 41.7 Å². The van der Waals surface area contributed by atoms with Gasteiger partial charge in [-0.15, -0.1) is 0 Å². The molecule has 12 heteroatoms. The molecule has 10 nitrogen and oxygen atoms in total. The third kappa shape index (κ3) is 7.00. The first-order valence-electron chi connectivity index (χ1n) is 13.4. The first-order valence-corrected chi connectivity index (χ1v) is 16.2. The summed E-state index contributed by atoms with van der Waals surface area (Å²) >= 11 is 0. The topological polar surface area (TPSA) is 122 Å². The molecule has 0 bridgehead atoms. The van der Waals surface area contributed by atoms with E-state index < -0.39 is 32.5 Å². The molecular formula is C29H35N3O7S2. The van der Waals surface area contributed by atoms with Crippen molar-refractivity contribution in [1.29, 1.82) is 0 Å². The molecular weight excluding hydrogens is 566 g/mol. The van der Waals surface area contributed by atoms with E-state index in [2.05, 4.69) is 5.32 Å². The van der Waals surface area contributed by atoms with E-state index in [0.29, 0.717) is 25.4 Å². The molecule has 1 aliphatic rings. The summed E-state index contributed by atoms with van der Waals surface area (Å²) in [6, 6.07) is 17.0. The molecule has 0 atom stereocenters. The van der Waals surface area contributed by atoms with E-state index in [9.17, 15) is 21.6 Å². The average molecular weight is 602 g/mol. The number of hydrogen-bond acceptors (Lipinski definition) is 7. The summed E-state index contributed by atoms with van der Waals surface area (Å²) in [5.74, 6) is 0.121. The van der Waals surface area contributed by atoms with Gasteiger partial charge < -0.3 is 14.8 Å².